The Bertz CT molecular complexity index is 337. The minimum Gasteiger partial charge on any atom is -0.376 e. The first-order valence-electron chi connectivity index (χ1n) is 6.76. The number of hydrogen-bond donors (Lipinski definition) is 1. The van der Waals surface area contributed by atoms with Crippen LogP contribution in [-0.2, 0) is 16.1 Å². The van der Waals surface area contributed by atoms with Crippen molar-refractivity contribution in [3.63, 3.8) is 0 Å². The summed E-state index contributed by atoms with van der Waals surface area (Å²) in [6.45, 7) is 5.36. The fourth-order valence-electron chi connectivity index (χ4n) is 1.92. The van der Waals surface area contributed by atoms with Crippen molar-refractivity contribution >= 4 is 16.5 Å². The minimum absolute atomic E-state index is 0.296. The van der Waals surface area contributed by atoms with Crippen molar-refractivity contribution in [1.82, 2.24) is 4.98 Å². The normalized spacial score (nSPS) is 19.9. The molecule has 5 heteroatoms. The Morgan fingerprint density at radius 2 is 2.50 bits per heavy atom. The second kappa shape index (κ2) is 7.71. The first-order valence-corrected chi connectivity index (χ1v) is 7.58. The molecule has 0 bridgehead atoms. The van der Waals surface area contributed by atoms with E-state index in [-0.39, 0.29) is 0 Å². The van der Waals surface area contributed by atoms with E-state index < -0.39 is 0 Å². The topological polar surface area (TPSA) is 43.4 Å². The monoisotopic (exact) mass is 270 g/mol. The van der Waals surface area contributed by atoms with Gasteiger partial charge in [0.2, 0.25) is 0 Å². The van der Waals surface area contributed by atoms with Gasteiger partial charge in [0.15, 0.2) is 5.13 Å². The van der Waals surface area contributed by atoms with Crippen molar-refractivity contribution in [3.8, 4) is 0 Å². The van der Waals surface area contributed by atoms with Crippen molar-refractivity contribution in [2.24, 2.45) is 0 Å². The zero-order valence-corrected chi connectivity index (χ0v) is 11.8. The van der Waals surface area contributed by atoms with E-state index in [0.29, 0.717) is 19.3 Å². The number of aromatic nitrogens is 1. The number of nitrogens with one attached hydrogen (secondary N) is 1. The number of hydrogen-bond acceptors (Lipinski definition) is 5. The summed E-state index contributed by atoms with van der Waals surface area (Å²) in [6, 6.07) is 0. The molecular formula is C13H22N2O2S. The van der Waals surface area contributed by atoms with Crippen LogP contribution < -0.4 is 5.32 Å². The Morgan fingerprint density at radius 3 is 3.28 bits per heavy atom. The molecule has 1 aliphatic rings. The lowest BCUT2D eigenvalue weighted by molar-refractivity contribution is -0.0443. The lowest BCUT2D eigenvalue weighted by Crippen LogP contribution is -2.24. The predicted octanol–water partition coefficient (Wildman–Crippen LogP) is 3.05. The molecule has 0 saturated carbocycles. The third-order valence-corrected chi connectivity index (χ3v) is 3.83. The third-order valence-electron chi connectivity index (χ3n) is 2.90. The average Bonchev–Trinajstić information content (AvgIpc) is 2.85. The highest BCUT2D eigenvalue weighted by molar-refractivity contribution is 7.15. The highest BCUT2D eigenvalue weighted by atomic mass is 32.1. The highest BCUT2D eigenvalue weighted by Gasteiger charge is 2.13. The van der Waals surface area contributed by atoms with E-state index in [1.807, 2.05) is 6.20 Å². The Balaban J connectivity index is 1.64. The molecule has 1 aromatic heterocycles. The molecule has 1 aliphatic heterocycles. The minimum atomic E-state index is 0.296. The Hall–Kier alpha value is -0.650. The van der Waals surface area contributed by atoms with Gasteiger partial charge in [-0.1, -0.05) is 18.3 Å². The third kappa shape index (κ3) is 4.55. The molecule has 1 aromatic rings. The van der Waals surface area contributed by atoms with E-state index in [1.165, 1.54) is 17.7 Å². The van der Waals surface area contributed by atoms with Crippen LogP contribution in [0.3, 0.4) is 0 Å². The number of ether oxygens (including phenoxy) is 2. The lowest BCUT2D eigenvalue weighted by Gasteiger charge is -2.22. The molecule has 102 valence electrons. The summed E-state index contributed by atoms with van der Waals surface area (Å²) in [5, 5.41) is 4.27. The van der Waals surface area contributed by atoms with Crippen LogP contribution in [-0.4, -0.2) is 30.8 Å². The zero-order chi connectivity index (χ0) is 12.6. The molecule has 18 heavy (non-hydrogen) atoms. The van der Waals surface area contributed by atoms with Crippen molar-refractivity contribution in [3.05, 3.63) is 11.1 Å². The van der Waals surface area contributed by atoms with Gasteiger partial charge in [0.05, 0.1) is 24.2 Å². The van der Waals surface area contributed by atoms with E-state index in [9.17, 15) is 0 Å². The molecule has 0 radical (unpaired) electrons. The van der Waals surface area contributed by atoms with Crippen molar-refractivity contribution in [2.45, 2.75) is 45.3 Å². The van der Waals surface area contributed by atoms with Crippen molar-refractivity contribution < 1.29 is 9.47 Å². The molecule has 1 N–H and O–H groups in total. The Morgan fingerprint density at radius 1 is 1.56 bits per heavy atom. The molecule has 2 rings (SSSR count). The highest BCUT2D eigenvalue weighted by Crippen LogP contribution is 2.19. The van der Waals surface area contributed by atoms with Crippen LogP contribution in [0.25, 0.3) is 0 Å². The maximum atomic E-state index is 5.69. The maximum Gasteiger partial charge on any atom is 0.182 e. The van der Waals surface area contributed by atoms with E-state index in [4.69, 9.17) is 9.47 Å². The molecule has 1 unspecified atom stereocenters. The van der Waals surface area contributed by atoms with Crippen LogP contribution in [0.2, 0.25) is 0 Å². The second-order valence-electron chi connectivity index (χ2n) is 4.56. The fraction of sp³-hybridized carbons (Fsp3) is 0.769. The first kappa shape index (κ1) is 13.8. The van der Waals surface area contributed by atoms with Gasteiger partial charge in [-0.25, -0.2) is 4.98 Å². The van der Waals surface area contributed by atoms with Crippen LogP contribution in [0, 0.1) is 0 Å². The van der Waals surface area contributed by atoms with E-state index >= 15 is 0 Å². The first-order chi connectivity index (χ1) is 8.88. The average molecular weight is 270 g/mol. The molecule has 1 atom stereocenters. The van der Waals surface area contributed by atoms with Gasteiger partial charge in [0.1, 0.15) is 0 Å². The fourth-order valence-corrected chi connectivity index (χ4v) is 2.69. The molecule has 4 nitrogen and oxygen atoms in total. The predicted molar refractivity (Wildman–Crippen MR) is 74.1 cm³/mol. The SMILES string of the molecule is CCCNc1ncc(COCC2CCCCO2)s1. The summed E-state index contributed by atoms with van der Waals surface area (Å²) >= 11 is 1.67. The molecular weight excluding hydrogens is 248 g/mol. The summed E-state index contributed by atoms with van der Waals surface area (Å²) in [4.78, 5) is 5.49. The summed E-state index contributed by atoms with van der Waals surface area (Å²) in [6.07, 6.45) is 6.89. The van der Waals surface area contributed by atoms with Crippen LogP contribution in [0.15, 0.2) is 6.20 Å². The van der Waals surface area contributed by atoms with Crippen molar-refractivity contribution in [2.75, 3.05) is 25.1 Å². The molecule has 0 aromatic carbocycles. The quantitative estimate of drug-likeness (QED) is 0.827. The summed E-state index contributed by atoms with van der Waals surface area (Å²) in [5.41, 5.74) is 0. The lowest BCUT2D eigenvalue weighted by atomic mass is 10.1. The smallest absolute Gasteiger partial charge is 0.182 e. The summed E-state index contributed by atoms with van der Waals surface area (Å²) < 4.78 is 11.3. The molecule has 1 saturated heterocycles. The number of nitrogens with zero attached hydrogens (tertiary/aromatic N) is 1. The van der Waals surface area contributed by atoms with Gasteiger partial charge in [0.25, 0.3) is 0 Å². The Kier molecular flexibility index (Phi) is 5.90. The molecule has 0 aliphatic carbocycles. The second-order valence-corrected chi connectivity index (χ2v) is 5.68. The summed E-state index contributed by atoms with van der Waals surface area (Å²) in [7, 11) is 0. The van der Waals surface area contributed by atoms with E-state index in [1.54, 1.807) is 11.3 Å². The molecule has 2 heterocycles. The van der Waals surface area contributed by atoms with Crippen LogP contribution in [0.5, 0.6) is 0 Å². The van der Waals surface area contributed by atoms with Gasteiger partial charge < -0.3 is 14.8 Å². The number of anilines is 1. The molecule has 1 fully saturated rings. The van der Waals surface area contributed by atoms with Gasteiger partial charge in [-0.3, -0.25) is 0 Å². The van der Waals surface area contributed by atoms with Crippen LogP contribution in [0.1, 0.15) is 37.5 Å². The van der Waals surface area contributed by atoms with Crippen molar-refractivity contribution in [1.29, 1.82) is 0 Å². The van der Waals surface area contributed by atoms with E-state index in [2.05, 4.69) is 17.2 Å². The zero-order valence-electron chi connectivity index (χ0n) is 11.0. The standard InChI is InChI=1S/C13H22N2O2S/c1-2-6-14-13-15-8-12(18-13)10-16-9-11-5-3-4-7-17-11/h8,11H,2-7,9-10H2,1H3,(H,14,15). The van der Waals surface area contributed by atoms with Gasteiger partial charge in [-0.05, 0) is 25.7 Å². The number of thiazole rings is 1. The Labute approximate surface area is 113 Å². The van der Waals surface area contributed by atoms with Gasteiger partial charge in [0, 0.05) is 19.3 Å². The van der Waals surface area contributed by atoms with Gasteiger partial charge in [-0.15, -0.1) is 0 Å². The largest absolute Gasteiger partial charge is 0.376 e. The molecule has 0 spiro atoms. The van der Waals surface area contributed by atoms with E-state index in [0.717, 1.165) is 31.1 Å². The van der Waals surface area contributed by atoms with Gasteiger partial charge in [-0.2, -0.15) is 0 Å². The van der Waals surface area contributed by atoms with Crippen LogP contribution >= 0.6 is 11.3 Å². The number of rotatable bonds is 7. The maximum absolute atomic E-state index is 5.69. The van der Waals surface area contributed by atoms with Gasteiger partial charge >= 0.3 is 0 Å². The van der Waals surface area contributed by atoms with Crippen LogP contribution in [0.4, 0.5) is 5.13 Å². The molecule has 0 amide bonds. The summed E-state index contributed by atoms with van der Waals surface area (Å²) in [5.74, 6) is 0.